The maximum absolute atomic E-state index is 11.4. The molecule has 1 saturated heterocycles. The summed E-state index contributed by atoms with van der Waals surface area (Å²) in [6.07, 6.45) is 3.22. The van der Waals surface area contributed by atoms with E-state index in [1.165, 1.54) is 10.6 Å². The normalized spacial score (nSPS) is 17.7. The molecule has 2 rings (SSSR count). The van der Waals surface area contributed by atoms with Gasteiger partial charge in [0, 0.05) is 26.7 Å². The van der Waals surface area contributed by atoms with E-state index >= 15 is 0 Å². The van der Waals surface area contributed by atoms with E-state index < -0.39 is 10.0 Å². The molecule has 7 heteroatoms. The summed E-state index contributed by atoms with van der Waals surface area (Å²) >= 11 is 0. The minimum atomic E-state index is -3.08. The van der Waals surface area contributed by atoms with Gasteiger partial charge in [0.25, 0.3) is 0 Å². The molecule has 6 nitrogen and oxygen atoms in total. The van der Waals surface area contributed by atoms with Gasteiger partial charge in [-0.1, -0.05) is 0 Å². The van der Waals surface area contributed by atoms with Gasteiger partial charge >= 0.3 is 0 Å². The summed E-state index contributed by atoms with van der Waals surface area (Å²) < 4.78 is 24.3. The van der Waals surface area contributed by atoms with Gasteiger partial charge in [-0.2, -0.15) is 5.10 Å². The van der Waals surface area contributed by atoms with Crippen LogP contribution in [0.3, 0.4) is 0 Å². The van der Waals surface area contributed by atoms with Crippen LogP contribution in [0.5, 0.6) is 0 Å². The molecule has 0 aliphatic carbocycles. The molecule has 0 spiro atoms. The Morgan fingerprint density at radius 2 is 1.95 bits per heavy atom. The second kappa shape index (κ2) is 6.05. The van der Waals surface area contributed by atoms with Crippen molar-refractivity contribution in [2.75, 3.05) is 37.8 Å². The third-order valence-corrected chi connectivity index (χ3v) is 5.09. The molecule has 1 aliphatic heterocycles. The lowest BCUT2D eigenvalue weighted by atomic mass is 9.97. The van der Waals surface area contributed by atoms with Gasteiger partial charge in [0.2, 0.25) is 10.0 Å². The molecule has 112 valence electrons. The van der Waals surface area contributed by atoms with Crippen LogP contribution in [0.15, 0.2) is 12.1 Å². The Morgan fingerprint density at radius 3 is 2.45 bits per heavy atom. The predicted molar refractivity (Wildman–Crippen MR) is 79.2 cm³/mol. The van der Waals surface area contributed by atoms with Crippen LogP contribution in [-0.4, -0.2) is 55.9 Å². The van der Waals surface area contributed by atoms with Crippen molar-refractivity contribution in [3.05, 3.63) is 17.8 Å². The summed E-state index contributed by atoms with van der Waals surface area (Å²) in [5, 5.41) is 8.27. The number of anilines is 1. The van der Waals surface area contributed by atoms with Crippen LogP contribution in [0, 0.1) is 12.8 Å². The lowest BCUT2D eigenvalue weighted by Gasteiger charge is -2.33. The number of hydrogen-bond acceptors (Lipinski definition) is 5. The van der Waals surface area contributed by atoms with Crippen molar-refractivity contribution in [3.8, 4) is 0 Å². The second-order valence-electron chi connectivity index (χ2n) is 5.51. The first-order valence-corrected chi connectivity index (χ1v) is 8.67. The molecular weight excluding hydrogens is 276 g/mol. The van der Waals surface area contributed by atoms with Crippen molar-refractivity contribution in [2.45, 2.75) is 19.8 Å². The Kier molecular flexibility index (Phi) is 4.59. The molecule has 0 radical (unpaired) electrons. The van der Waals surface area contributed by atoms with Crippen molar-refractivity contribution in [2.24, 2.45) is 5.92 Å². The van der Waals surface area contributed by atoms with E-state index in [-0.39, 0.29) is 0 Å². The summed E-state index contributed by atoms with van der Waals surface area (Å²) in [6, 6.07) is 3.96. The highest BCUT2D eigenvalue weighted by molar-refractivity contribution is 7.88. The summed E-state index contributed by atoms with van der Waals surface area (Å²) in [6.45, 7) is 4.33. The molecule has 0 bridgehead atoms. The van der Waals surface area contributed by atoms with Gasteiger partial charge in [-0.05, 0) is 37.8 Å². The molecule has 0 N–H and O–H groups in total. The molecule has 20 heavy (non-hydrogen) atoms. The number of piperidine rings is 1. The summed E-state index contributed by atoms with van der Waals surface area (Å²) in [5.41, 5.74) is 0.915. The third kappa shape index (κ3) is 3.89. The molecule has 0 atom stereocenters. The zero-order chi connectivity index (χ0) is 14.8. The fraction of sp³-hybridized carbons (Fsp3) is 0.692. The van der Waals surface area contributed by atoms with Gasteiger partial charge in [-0.15, -0.1) is 5.10 Å². The van der Waals surface area contributed by atoms with E-state index in [4.69, 9.17) is 0 Å². The van der Waals surface area contributed by atoms with Crippen molar-refractivity contribution < 1.29 is 8.42 Å². The number of hydrogen-bond donors (Lipinski definition) is 0. The van der Waals surface area contributed by atoms with Crippen molar-refractivity contribution >= 4 is 15.8 Å². The smallest absolute Gasteiger partial charge is 0.210 e. The van der Waals surface area contributed by atoms with Crippen molar-refractivity contribution in [1.82, 2.24) is 14.5 Å². The number of nitrogens with zero attached hydrogens (tertiary/aromatic N) is 4. The van der Waals surface area contributed by atoms with E-state index in [2.05, 4.69) is 15.1 Å². The third-order valence-electron chi connectivity index (χ3n) is 3.80. The molecule has 0 aromatic carbocycles. The summed E-state index contributed by atoms with van der Waals surface area (Å²) in [7, 11) is -1.43. The van der Waals surface area contributed by atoms with Crippen LogP contribution in [0.2, 0.25) is 0 Å². The number of sulfonamides is 1. The second-order valence-corrected chi connectivity index (χ2v) is 7.60. The Bertz CT molecular complexity index is 536. The Labute approximate surface area is 120 Å². The van der Waals surface area contributed by atoms with Gasteiger partial charge in [0.1, 0.15) is 0 Å². The van der Waals surface area contributed by atoms with E-state index in [0.717, 1.165) is 37.4 Å². The molecule has 1 aromatic rings. The van der Waals surface area contributed by atoms with E-state index in [1.54, 1.807) is 7.05 Å². The largest absolute Gasteiger partial charge is 0.355 e. The molecule has 0 unspecified atom stereocenters. The molecule has 0 saturated carbocycles. The van der Waals surface area contributed by atoms with Crippen LogP contribution in [0.4, 0.5) is 5.82 Å². The van der Waals surface area contributed by atoms with Crippen molar-refractivity contribution in [1.29, 1.82) is 0 Å². The van der Waals surface area contributed by atoms with Gasteiger partial charge in [-0.25, -0.2) is 12.7 Å². The van der Waals surface area contributed by atoms with E-state index in [9.17, 15) is 8.42 Å². The minimum Gasteiger partial charge on any atom is -0.355 e. The molecular formula is C13H22N4O2S. The monoisotopic (exact) mass is 298 g/mol. The maximum atomic E-state index is 11.4. The number of aromatic nitrogens is 2. The van der Waals surface area contributed by atoms with E-state index in [0.29, 0.717) is 12.5 Å². The van der Waals surface area contributed by atoms with Crippen LogP contribution in [-0.2, 0) is 10.0 Å². The number of aryl methyl sites for hydroxylation is 1. The van der Waals surface area contributed by atoms with Gasteiger partial charge in [-0.3, -0.25) is 0 Å². The fourth-order valence-electron chi connectivity index (χ4n) is 2.40. The predicted octanol–water partition coefficient (Wildman–Crippen LogP) is 0.893. The first-order valence-electron chi connectivity index (χ1n) is 6.83. The van der Waals surface area contributed by atoms with Crippen LogP contribution >= 0.6 is 0 Å². The Morgan fingerprint density at radius 1 is 1.30 bits per heavy atom. The first kappa shape index (κ1) is 15.2. The topological polar surface area (TPSA) is 66.4 Å². The SMILES string of the molecule is Cc1ccc(N2CCC(CN(C)S(C)(=O)=O)CC2)nn1. The summed E-state index contributed by atoms with van der Waals surface area (Å²) in [4.78, 5) is 2.21. The zero-order valence-corrected chi connectivity index (χ0v) is 13.1. The summed E-state index contributed by atoms with van der Waals surface area (Å²) in [5.74, 6) is 1.33. The van der Waals surface area contributed by atoms with Crippen LogP contribution < -0.4 is 4.90 Å². The molecule has 0 amide bonds. The molecule has 1 fully saturated rings. The lowest BCUT2D eigenvalue weighted by molar-refractivity contribution is 0.328. The lowest BCUT2D eigenvalue weighted by Crippen LogP contribution is -2.39. The highest BCUT2D eigenvalue weighted by atomic mass is 32.2. The minimum absolute atomic E-state index is 0.421. The molecule has 1 aromatic heterocycles. The molecule has 2 heterocycles. The van der Waals surface area contributed by atoms with Crippen LogP contribution in [0.1, 0.15) is 18.5 Å². The van der Waals surface area contributed by atoms with Gasteiger partial charge < -0.3 is 4.90 Å². The Balaban J connectivity index is 1.88. The first-order chi connectivity index (χ1) is 9.36. The Hall–Kier alpha value is -1.21. The molecule has 1 aliphatic rings. The van der Waals surface area contributed by atoms with Crippen LogP contribution in [0.25, 0.3) is 0 Å². The standard InChI is InChI=1S/C13H22N4O2S/c1-11-4-5-13(15-14-11)17-8-6-12(7-9-17)10-16(2)20(3,18)19/h4-5,12H,6-10H2,1-3H3. The highest BCUT2D eigenvalue weighted by Crippen LogP contribution is 2.22. The fourth-order valence-corrected chi connectivity index (χ4v) is 2.89. The zero-order valence-electron chi connectivity index (χ0n) is 12.3. The van der Waals surface area contributed by atoms with E-state index in [1.807, 2.05) is 19.1 Å². The van der Waals surface area contributed by atoms with Gasteiger partial charge in [0.05, 0.1) is 11.9 Å². The quantitative estimate of drug-likeness (QED) is 0.826. The van der Waals surface area contributed by atoms with Crippen molar-refractivity contribution in [3.63, 3.8) is 0 Å². The highest BCUT2D eigenvalue weighted by Gasteiger charge is 2.23. The average Bonchev–Trinajstić information content (AvgIpc) is 2.39. The number of rotatable bonds is 4. The van der Waals surface area contributed by atoms with Gasteiger partial charge in [0.15, 0.2) is 5.82 Å². The average molecular weight is 298 g/mol. The maximum Gasteiger partial charge on any atom is 0.210 e.